The molecule has 0 unspecified atom stereocenters. The van der Waals surface area contributed by atoms with Crippen molar-refractivity contribution in [1.82, 2.24) is 46.9 Å². The molecular weight excluding hydrogens is 1740 g/mol. The van der Waals surface area contributed by atoms with Gasteiger partial charge in [-0.2, -0.15) is 0 Å². The number of hydrogen-bond donors (Lipinski definition) is 0. The Labute approximate surface area is 794 Å². The summed E-state index contributed by atoms with van der Waals surface area (Å²) >= 11 is 1.87. The van der Waals surface area contributed by atoms with E-state index in [9.17, 15) is 0 Å². The summed E-state index contributed by atoms with van der Waals surface area (Å²) < 4.78 is 38.9. The number of aromatic nitrogens is 10. The van der Waals surface area contributed by atoms with Gasteiger partial charge in [0.1, 0.15) is 72.9 Å². The number of nitrogens with zero attached hydrogens (tertiary/aromatic N) is 10. The number of benzene rings is 20. The smallest absolute Gasteiger partial charge is 0.147 e. The summed E-state index contributed by atoms with van der Waals surface area (Å²) in [6.07, 6.45) is 0. The zero-order valence-corrected chi connectivity index (χ0v) is 75.2. The van der Waals surface area contributed by atoms with Crippen molar-refractivity contribution < 1.29 is 17.7 Å². The third kappa shape index (κ3) is 10.9. The van der Waals surface area contributed by atoms with Crippen LogP contribution in [0.2, 0.25) is 0 Å². The highest BCUT2D eigenvalue weighted by atomic mass is 32.1. The van der Waals surface area contributed by atoms with Gasteiger partial charge in [0.25, 0.3) is 0 Å². The van der Waals surface area contributed by atoms with Gasteiger partial charge in [0.15, 0.2) is 0 Å². The molecule has 0 saturated carbocycles. The van der Waals surface area contributed by atoms with Crippen LogP contribution in [-0.2, 0) is 0 Å². The van der Waals surface area contributed by atoms with Crippen LogP contribution in [0.5, 0.6) is 0 Å². The molecule has 0 amide bonds. The lowest BCUT2D eigenvalue weighted by Crippen LogP contribution is -1.91. The van der Waals surface area contributed by atoms with Crippen LogP contribution in [0, 0.1) is 0 Å². The summed E-state index contributed by atoms with van der Waals surface area (Å²) in [4.78, 5) is 25.0. The van der Waals surface area contributed by atoms with Gasteiger partial charge in [-0.3, -0.25) is 22.0 Å². The average molecular weight is 1810 g/mol. The number of pyridine rings is 5. The number of furan rings is 4. The Hall–Kier alpha value is -18.8. The largest absolute Gasteiger partial charge is 0.456 e. The van der Waals surface area contributed by atoms with Crippen molar-refractivity contribution in [3.63, 3.8) is 0 Å². The Morgan fingerprint density at radius 3 is 1.03 bits per heavy atom. The van der Waals surface area contributed by atoms with Gasteiger partial charge >= 0.3 is 0 Å². The molecule has 0 atom stereocenters. The fraction of sp³-hybridized carbons (Fsp3) is 0. The van der Waals surface area contributed by atoms with Crippen LogP contribution in [-0.4, -0.2) is 46.9 Å². The number of imidazole rings is 5. The Balaban J connectivity index is 0.0000000806. The molecule has 0 radical (unpaired) electrons. The van der Waals surface area contributed by atoms with E-state index in [1.54, 1.807) is 0 Å². The molecule has 20 aromatic carbocycles. The summed E-state index contributed by atoms with van der Waals surface area (Å²) in [6, 6.07) is 148. The minimum Gasteiger partial charge on any atom is -0.456 e. The molecule has 14 nitrogen and oxygen atoms in total. The molecule has 0 aliphatic rings. The predicted molar refractivity (Wildman–Crippen MR) is 581 cm³/mol. The molecule has 0 spiro atoms. The fourth-order valence-corrected chi connectivity index (χ4v) is 24.0. The number of para-hydroxylation sites is 18. The molecule has 35 aromatic rings. The first-order chi connectivity index (χ1) is 69.5. The van der Waals surface area contributed by atoms with E-state index in [-0.39, 0.29) is 0 Å². The lowest BCUT2D eigenvalue weighted by Gasteiger charge is -2.10. The molecular formula is C125H70N10O4S. The Kier molecular flexibility index (Phi) is 16.0. The van der Waals surface area contributed by atoms with Gasteiger partial charge in [-0.15, -0.1) is 11.3 Å². The highest BCUT2D eigenvalue weighted by Crippen LogP contribution is 2.49. The van der Waals surface area contributed by atoms with Crippen molar-refractivity contribution in [3.8, 4) is 0 Å². The van der Waals surface area contributed by atoms with Crippen molar-refractivity contribution in [2.75, 3.05) is 0 Å². The average Bonchev–Trinajstić information content (AvgIpc) is 1.55. The molecule has 140 heavy (non-hydrogen) atoms. The van der Waals surface area contributed by atoms with E-state index in [0.717, 1.165) is 209 Å². The molecule has 15 heterocycles. The second kappa shape index (κ2) is 29.3. The van der Waals surface area contributed by atoms with E-state index < -0.39 is 0 Å². The summed E-state index contributed by atoms with van der Waals surface area (Å²) in [7, 11) is 0. The van der Waals surface area contributed by atoms with Gasteiger partial charge in [-0.25, -0.2) is 24.9 Å². The summed E-state index contributed by atoms with van der Waals surface area (Å²) in [5.74, 6) is 0. The zero-order valence-electron chi connectivity index (χ0n) is 74.4. The van der Waals surface area contributed by atoms with E-state index in [4.69, 9.17) is 42.6 Å². The van der Waals surface area contributed by atoms with Crippen molar-refractivity contribution in [2.24, 2.45) is 0 Å². The first-order valence-corrected chi connectivity index (χ1v) is 47.9. The lowest BCUT2D eigenvalue weighted by molar-refractivity contribution is 0.669. The minimum atomic E-state index is 0.901. The molecule has 35 rings (SSSR count). The maximum absolute atomic E-state index is 6.36. The van der Waals surface area contributed by atoms with E-state index in [1.807, 2.05) is 84.1 Å². The number of hydrogen-bond acceptors (Lipinski definition) is 10. The first-order valence-electron chi connectivity index (χ1n) is 47.1. The van der Waals surface area contributed by atoms with Crippen LogP contribution >= 0.6 is 11.3 Å². The Morgan fingerprint density at radius 1 is 0.150 bits per heavy atom. The van der Waals surface area contributed by atoms with Crippen molar-refractivity contribution >= 4 is 311 Å². The molecule has 0 aliphatic carbocycles. The topological polar surface area (TPSA) is 139 Å². The van der Waals surface area contributed by atoms with Crippen LogP contribution in [0.3, 0.4) is 0 Å². The van der Waals surface area contributed by atoms with Gasteiger partial charge < -0.3 is 17.7 Å². The normalized spacial score (nSPS) is 12.3. The second-order valence-electron chi connectivity index (χ2n) is 36.2. The maximum atomic E-state index is 6.36. The molecule has 0 saturated heterocycles. The van der Waals surface area contributed by atoms with Gasteiger partial charge in [0.05, 0.1) is 82.8 Å². The number of rotatable bonds is 0. The highest BCUT2D eigenvalue weighted by Gasteiger charge is 2.26. The first kappa shape index (κ1) is 76.6. The monoisotopic (exact) mass is 1810 g/mol. The third-order valence-corrected chi connectivity index (χ3v) is 29.9. The summed E-state index contributed by atoms with van der Waals surface area (Å²) in [6.45, 7) is 0. The second-order valence-corrected chi connectivity index (χ2v) is 37.3. The number of fused-ring (bicyclic) bond motifs is 59. The molecule has 0 fully saturated rings. The van der Waals surface area contributed by atoms with Crippen molar-refractivity contribution in [3.05, 3.63) is 425 Å². The van der Waals surface area contributed by atoms with Crippen LogP contribution in [0.4, 0.5) is 0 Å². The van der Waals surface area contributed by atoms with Crippen LogP contribution < -0.4 is 0 Å². The summed E-state index contributed by atoms with van der Waals surface area (Å²) in [5.41, 5.74) is 28.9. The molecule has 15 heteroatoms. The van der Waals surface area contributed by atoms with Crippen LogP contribution in [0.15, 0.2) is 442 Å². The lowest BCUT2D eigenvalue weighted by atomic mass is 10.00. The van der Waals surface area contributed by atoms with E-state index in [2.05, 4.69) is 374 Å². The van der Waals surface area contributed by atoms with E-state index in [0.29, 0.717) is 0 Å². The Bertz CT molecular complexity index is 11500. The predicted octanol–water partition coefficient (Wildman–Crippen LogP) is 33.9. The van der Waals surface area contributed by atoms with Crippen molar-refractivity contribution in [2.45, 2.75) is 0 Å². The van der Waals surface area contributed by atoms with Crippen LogP contribution in [0.25, 0.3) is 300 Å². The molecule has 650 valence electrons. The minimum absolute atomic E-state index is 0.901. The van der Waals surface area contributed by atoms with Crippen molar-refractivity contribution in [1.29, 1.82) is 0 Å². The van der Waals surface area contributed by atoms with E-state index in [1.165, 1.54) is 90.5 Å². The standard InChI is InChI=1S/4C25H14N2O.C25H14N2S/c1-4-10-20-17(8-1)23-18(25-26-19-9-3-5-11-21(19)27(20)25)14-13-16-15-7-2-6-12-22(15)28-24(16)23;1-4-10-21-15(7-1)17-14-24-18(16-8-2-6-12-23(16)28-24)13-19(17)25-26-20-9-3-5-11-22(20)27(21)25;1-4-10-19-15(7-1)16-13-14-22-23(17-8-2-6-12-21(17)28-22)24(16)25-26-18-9-3-5-11-20(18)27(19)25;1-4-10-19-15(7-1)23-17(25-26-18-9-3-5-11-20(18)27(19)25)13-14-22-24(23)16-8-2-6-12-21(16)28-22;1-2-8-16-15(7-1)23-20(27-19-11-5-4-10-18(19)26-25(16)27)13-14-22-24(23)17-9-3-6-12-21(17)28-22/h5*1-14H. The Morgan fingerprint density at radius 2 is 0.486 bits per heavy atom. The van der Waals surface area contributed by atoms with Gasteiger partial charge in [-0.05, 0) is 192 Å². The maximum Gasteiger partial charge on any atom is 0.147 e. The SMILES string of the molecule is c1ccc2c(c1)nc1c3c(ccc4oc5ccccc5c43)c3ccccc3n21.c1ccc2c(c1)nc1c3cc4c(cc3c3ccccc3n21)oc1ccccc14.c1ccc2c(c1)nc1c3ccc4c5ccccc5oc4c3c3ccccc3n21.c1ccc2c(c1)nc1c3ccc4oc5ccccc5c4c3c3ccccc3n21.c1ccc2c(c1)nc1c3ccccc3c3c4c(ccc3n21)sc1ccccc14. The number of thiophene rings is 1. The zero-order chi connectivity index (χ0) is 91.2. The summed E-state index contributed by atoms with van der Waals surface area (Å²) in [5, 5.41) is 29.7. The highest BCUT2D eigenvalue weighted by molar-refractivity contribution is 7.26. The van der Waals surface area contributed by atoms with E-state index >= 15 is 0 Å². The molecule has 0 aliphatic heterocycles. The molecule has 0 bridgehead atoms. The molecule has 0 N–H and O–H groups in total. The quantitative estimate of drug-likeness (QED) is 0.136. The van der Waals surface area contributed by atoms with Gasteiger partial charge in [0, 0.05) is 128 Å². The van der Waals surface area contributed by atoms with Gasteiger partial charge in [-0.1, -0.05) is 249 Å². The third-order valence-electron chi connectivity index (χ3n) is 28.8. The van der Waals surface area contributed by atoms with Crippen LogP contribution in [0.1, 0.15) is 0 Å². The molecule has 15 aromatic heterocycles. The van der Waals surface area contributed by atoms with Gasteiger partial charge in [0.2, 0.25) is 0 Å². The fourth-order valence-electron chi connectivity index (χ4n) is 22.9.